The summed E-state index contributed by atoms with van der Waals surface area (Å²) in [6, 6.07) is -0.0794. The highest BCUT2D eigenvalue weighted by atomic mass is 16.3. The van der Waals surface area contributed by atoms with Gasteiger partial charge in [0, 0.05) is 31.8 Å². The molecule has 1 rings (SSSR count). The van der Waals surface area contributed by atoms with E-state index in [4.69, 9.17) is 21.1 Å². The minimum atomic E-state index is -0.0794. The number of hydrogen-bond donors (Lipinski definition) is 4. The van der Waals surface area contributed by atoms with Crippen molar-refractivity contribution in [2.75, 3.05) is 19.8 Å². The minimum Gasteiger partial charge on any atom is -0.396 e. The van der Waals surface area contributed by atoms with Gasteiger partial charge >= 0.3 is 0 Å². The van der Waals surface area contributed by atoms with Gasteiger partial charge in [-0.3, -0.25) is 0 Å². The van der Waals surface area contributed by atoms with E-state index < -0.39 is 0 Å². The summed E-state index contributed by atoms with van der Waals surface area (Å²) in [6.07, 6.45) is 0.701. The number of rotatable bonds is 3. The second-order valence-corrected chi connectivity index (χ2v) is 3.54. The van der Waals surface area contributed by atoms with Crippen molar-refractivity contribution >= 4 is 0 Å². The fourth-order valence-electron chi connectivity index (χ4n) is 2.13. The Morgan fingerprint density at radius 1 is 1.00 bits per heavy atom. The van der Waals surface area contributed by atoms with Crippen LogP contribution in [0.2, 0.25) is 0 Å². The van der Waals surface area contributed by atoms with Crippen LogP contribution in [0, 0.1) is 17.8 Å². The monoisotopic (exact) mass is 175 g/mol. The van der Waals surface area contributed by atoms with Gasteiger partial charge in [0.25, 0.3) is 0 Å². The molecule has 4 nitrogen and oxygen atoms in total. The quantitative estimate of drug-likeness (QED) is 0.422. The van der Waals surface area contributed by atoms with Crippen molar-refractivity contribution in [3.8, 4) is 0 Å². The standard InChI is InChI=1S/C8H17NO3/c9-8-1-5(2-10)6(3-11)7(8)4-12/h5-8,10-12H,1-4,9H2/t5-,6+,7-,8-/m1/s1. The van der Waals surface area contributed by atoms with Gasteiger partial charge in [0.15, 0.2) is 0 Å². The summed E-state index contributed by atoms with van der Waals surface area (Å²) < 4.78 is 0. The Hall–Kier alpha value is -0.160. The van der Waals surface area contributed by atoms with E-state index in [1.807, 2.05) is 0 Å². The van der Waals surface area contributed by atoms with Gasteiger partial charge in [-0.2, -0.15) is 0 Å². The first-order valence-electron chi connectivity index (χ1n) is 4.32. The van der Waals surface area contributed by atoms with Crippen LogP contribution in [0.5, 0.6) is 0 Å². The lowest BCUT2D eigenvalue weighted by molar-refractivity contribution is 0.0904. The molecule has 1 fully saturated rings. The Balaban J connectivity index is 2.61. The molecule has 72 valence electrons. The minimum absolute atomic E-state index is 0.00287. The Morgan fingerprint density at radius 2 is 1.58 bits per heavy atom. The third-order valence-corrected chi connectivity index (χ3v) is 2.94. The van der Waals surface area contributed by atoms with Gasteiger partial charge in [-0.15, -0.1) is 0 Å². The Morgan fingerprint density at radius 3 is 2.00 bits per heavy atom. The molecule has 12 heavy (non-hydrogen) atoms. The van der Waals surface area contributed by atoms with Crippen LogP contribution in [-0.2, 0) is 0 Å². The van der Waals surface area contributed by atoms with Gasteiger partial charge in [0.2, 0.25) is 0 Å². The molecule has 0 saturated heterocycles. The average Bonchev–Trinajstić information content (AvgIpc) is 2.40. The zero-order valence-electron chi connectivity index (χ0n) is 7.06. The molecule has 0 spiro atoms. The maximum Gasteiger partial charge on any atom is 0.0477 e. The predicted octanol–water partition coefficient (Wildman–Crippen LogP) is -1.46. The number of aliphatic hydroxyl groups excluding tert-OH is 3. The van der Waals surface area contributed by atoms with E-state index in [1.165, 1.54) is 0 Å². The Bertz CT molecular complexity index is 142. The van der Waals surface area contributed by atoms with E-state index in [0.29, 0.717) is 6.42 Å². The van der Waals surface area contributed by atoms with Crippen molar-refractivity contribution in [1.82, 2.24) is 0 Å². The Labute approximate surface area is 72.0 Å². The molecule has 1 aliphatic carbocycles. The van der Waals surface area contributed by atoms with Crippen molar-refractivity contribution < 1.29 is 15.3 Å². The molecule has 0 aromatic rings. The molecular formula is C8H17NO3. The highest BCUT2D eigenvalue weighted by Gasteiger charge is 2.40. The molecule has 4 heteroatoms. The predicted molar refractivity (Wildman–Crippen MR) is 44.3 cm³/mol. The number of nitrogens with two attached hydrogens (primary N) is 1. The third kappa shape index (κ3) is 1.61. The lowest BCUT2D eigenvalue weighted by Gasteiger charge is -2.20. The van der Waals surface area contributed by atoms with E-state index >= 15 is 0 Å². The summed E-state index contributed by atoms with van der Waals surface area (Å²) in [7, 11) is 0. The average molecular weight is 175 g/mol. The van der Waals surface area contributed by atoms with Crippen molar-refractivity contribution in [3.05, 3.63) is 0 Å². The summed E-state index contributed by atoms with van der Waals surface area (Å²) in [5.41, 5.74) is 5.74. The van der Waals surface area contributed by atoms with Crippen LogP contribution in [0.15, 0.2) is 0 Å². The molecule has 0 bridgehead atoms. The van der Waals surface area contributed by atoms with Gasteiger partial charge < -0.3 is 21.1 Å². The SMILES string of the molecule is N[C@@H]1C[C@H](CO)[C@H](CO)[C@H]1CO. The lowest BCUT2D eigenvalue weighted by Crippen LogP contribution is -2.32. The molecule has 0 amide bonds. The van der Waals surface area contributed by atoms with Crippen LogP contribution in [-0.4, -0.2) is 41.2 Å². The van der Waals surface area contributed by atoms with Crippen LogP contribution < -0.4 is 5.73 Å². The van der Waals surface area contributed by atoms with Gasteiger partial charge in [-0.1, -0.05) is 0 Å². The maximum atomic E-state index is 9.01. The summed E-state index contributed by atoms with van der Waals surface area (Å²) in [5.74, 6) is -0.0238. The highest BCUT2D eigenvalue weighted by Crippen LogP contribution is 2.35. The topological polar surface area (TPSA) is 86.7 Å². The largest absolute Gasteiger partial charge is 0.396 e. The van der Waals surface area contributed by atoms with Crippen LogP contribution >= 0.6 is 0 Å². The molecule has 5 N–H and O–H groups in total. The molecule has 0 radical (unpaired) electrons. The van der Waals surface area contributed by atoms with Crippen LogP contribution in [0.25, 0.3) is 0 Å². The molecule has 4 atom stereocenters. The first kappa shape index (κ1) is 9.92. The first-order chi connectivity index (χ1) is 5.74. The van der Waals surface area contributed by atoms with Crippen molar-refractivity contribution in [1.29, 1.82) is 0 Å². The molecule has 0 unspecified atom stereocenters. The summed E-state index contributed by atoms with van der Waals surface area (Å²) >= 11 is 0. The van der Waals surface area contributed by atoms with Crippen LogP contribution in [0.1, 0.15) is 6.42 Å². The summed E-state index contributed by atoms with van der Waals surface area (Å²) in [6.45, 7) is 0.0580. The Kier molecular flexibility index (Phi) is 3.46. The van der Waals surface area contributed by atoms with Gasteiger partial charge in [-0.05, 0) is 18.3 Å². The molecule has 0 aromatic carbocycles. The zero-order chi connectivity index (χ0) is 9.14. The fourth-order valence-corrected chi connectivity index (χ4v) is 2.13. The van der Waals surface area contributed by atoms with E-state index in [-0.39, 0.29) is 43.6 Å². The highest BCUT2D eigenvalue weighted by molar-refractivity contribution is 4.92. The second-order valence-electron chi connectivity index (χ2n) is 3.54. The van der Waals surface area contributed by atoms with Crippen LogP contribution in [0.3, 0.4) is 0 Å². The third-order valence-electron chi connectivity index (χ3n) is 2.94. The molecule has 1 saturated carbocycles. The molecule has 1 aliphatic rings. The maximum absolute atomic E-state index is 9.01. The molecule has 0 heterocycles. The zero-order valence-corrected chi connectivity index (χ0v) is 7.06. The summed E-state index contributed by atoms with van der Waals surface area (Å²) in [4.78, 5) is 0. The van der Waals surface area contributed by atoms with Crippen molar-refractivity contribution in [2.45, 2.75) is 12.5 Å². The number of hydrogen-bond acceptors (Lipinski definition) is 4. The molecule has 0 aromatic heterocycles. The van der Waals surface area contributed by atoms with Gasteiger partial charge in [-0.25, -0.2) is 0 Å². The van der Waals surface area contributed by atoms with E-state index in [2.05, 4.69) is 0 Å². The molecule has 0 aliphatic heterocycles. The molecular weight excluding hydrogens is 158 g/mol. The van der Waals surface area contributed by atoms with E-state index in [0.717, 1.165) is 0 Å². The smallest absolute Gasteiger partial charge is 0.0477 e. The van der Waals surface area contributed by atoms with Crippen molar-refractivity contribution in [3.63, 3.8) is 0 Å². The second kappa shape index (κ2) is 4.18. The number of aliphatic hydroxyl groups is 3. The van der Waals surface area contributed by atoms with E-state index in [1.54, 1.807) is 0 Å². The van der Waals surface area contributed by atoms with Gasteiger partial charge in [0.1, 0.15) is 0 Å². The van der Waals surface area contributed by atoms with Gasteiger partial charge in [0.05, 0.1) is 0 Å². The fraction of sp³-hybridized carbons (Fsp3) is 1.00. The lowest BCUT2D eigenvalue weighted by atomic mass is 9.90. The normalized spacial score (nSPS) is 42.0. The summed E-state index contributed by atoms with van der Waals surface area (Å²) in [5, 5.41) is 26.9. The van der Waals surface area contributed by atoms with Crippen LogP contribution in [0.4, 0.5) is 0 Å². The van der Waals surface area contributed by atoms with Crippen molar-refractivity contribution in [2.24, 2.45) is 23.5 Å². The first-order valence-corrected chi connectivity index (χ1v) is 4.32. The van der Waals surface area contributed by atoms with E-state index in [9.17, 15) is 0 Å².